The molecule has 2 heterocycles. The van der Waals surface area contributed by atoms with E-state index in [2.05, 4.69) is 15.3 Å². The van der Waals surface area contributed by atoms with Crippen LogP contribution in [-0.2, 0) is 11.2 Å². The maximum atomic E-state index is 11.8. The number of carbonyl (C=O) groups is 1. The van der Waals surface area contributed by atoms with E-state index in [0.717, 1.165) is 28.0 Å². The number of aromatic nitrogens is 2. The Kier molecular flexibility index (Phi) is 5.80. The van der Waals surface area contributed by atoms with Gasteiger partial charge in [-0.1, -0.05) is 19.1 Å². The number of ether oxygens (including phenoxy) is 1. The molecule has 2 aromatic heterocycles. The van der Waals surface area contributed by atoms with Gasteiger partial charge in [-0.15, -0.1) is 12.4 Å². The zero-order chi connectivity index (χ0) is 18.8. The topological polar surface area (TPSA) is 77.2 Å². The molecule has 0 saturated carbocycles. The summed E-state index contributed by atoms with van der Waals surface area (Å²) in [6.45, 7) is 4.15. The smallest absolute Gasteiger partial charge is 0.338 e. The van der Waals surface area contributed by atoms with Crippen molar-refractivity contribution < 1.29 is 13.9 Å². The summed E-state index contributed by atoms with van der Waals surface area (Å²) in [5.74, 6) is 1.01. The predicted molar refractivity (Wildman–Crippen MR) is 112 cm³/mol. The van der Waals surface area contributed by atoms with Crippen LogP contribution in [0.1, 0.15) is 30.0 Å². The average molecular weight is 398 g/mol. The van der Waals surface area contributed by atoms with Gasteiger partial charge in [0.1, 0.15) is 16.9 Å². The molecule has 0 aliphatic heterocycles. The number of hydrogen-bond donors (Lipinski definition) is 1. The zero-order valence-corrected chi connectivity index (χ0v) is 16.4. The summed E-state index contributed by atoms with van der Waals surface area (Å²) in [6, 6.07) is 14.9. The van der Waals surface area contributed by atoms with E-state index in [0.29, 0.717) is 30.0 Å². The van der Waals surface area contributed by atoms with Crippen molar-refractivity contribution in [1.82, 2.24) is 9.97 Å². The number of nitrogens with one attached hydrogen (secondary N) is 1. The highest BCUT2D eigenvalue weighted by Gasteiger charge is 2.15. The van der Waals surface area contributed by atoms with Crippen LogP contribution in [0.3, 0.4) is 0 Å². The standard InChI is InChI=1S/C21H19N3O3.ClH/c1-3-17-23-18-15-7-5-6-8-16(15)27-19(18)20(24-17)22-14-11-9-13(10-12-14)21(25)26-4-2;/h5-12H,3-4H2,1-2H3,(H,22,23,24);1H. The number of anilines is 2. The summed E-state index contributed by atoms with van der Waals surface area (Å²) < 4.78 is 11.0. The van der Waals surface area contributed by atoms with Gasteiger partial charge in [-0.05, 0) is 43.3 Å². The predicted octanol–water partition coefficient (Wildman–Crippen LogP) is 5.28. The molecule has 0 spiro atoms. The SMILES string of the molecule is CCOC(=O)c1ccc(Nc2nc(CC)nc3c2oc2ccccc23)cc1.Cl. The third-order valence-electron chi connectivity index (χ3n) is 4.24. The van der Waals surface area contributed by atoms with Crippen LogP contribution < -0.4 is 5.32 Å². The molecule has 0 radical (unpaired) electrons. The number of benzene rings is 2. The molecule has 0 fully saturated rings. The van der Waals surface area contributed by atoms with Crippen molar-refractivity contribution in [2.75, 3.05) is 11.9 Å². The summed E-state index contributed by atoms with van der Waals surface area (Å²) in [5.41, 5.74) is 3.49. The van der Waals surface area contributed by atoms with Crippen molar-refractivity contribution in [2.45, 2.75) is 20.3 Å². The molecule has 0 bridgehead atoms. The van der Waals surface area contributed by atoms with Crippen LogP contribution in [0, 0.1) is 0 Å². The van der Waals surface area contributed by atoms with E-state index in [9.17, 15) is 4.79 Å². The first-order chi connectivity index (χ1) is 13.2. The summed E-state index contributed by atoms with van der Waals surface area (Å²) in [4.78, 5) is 21.0. The minimum Gasteiger partial charge on any atom is -0.462 e. The molecular formula is C21H20ClN3O3. The summed E-state index contributed by atoms with van der Waals surface area (Å²) in [5, 5.41) is 4.25. The molecule has 7 heteroatoms. The average Bonchev–Trinajstić information content (AvgIpc) is 3.07. The van der Waals surface area contributed by atoms with E-state index < -0.39 is 0 Å². The second-order valence-corrected chi connectivity index (χ2v) is 6.04. The van der Waals surface area contributed by atoms with Crippen molar-refractivity contribution in [3.8, 4) is 0 Å². The molecule has 0 aliphatic carbocycles. The molecule has 144 valence electrons. The molecule has 0 unspecified atom stereocenters. The third-order valence-corrected chi connectivity index (χ3v) is 4.24. The monoisotopic (exact) mass is 397 g/mol. The number of esters is 1. The van der Waals surface area contributed by atoms with Gasteiger partial charge >= 0.3 is 5.97 Å². The first kappa shape index (κ1) is 19.6. The van der Waals surface area contributed by atoms with Crippen molar-refractivity contribution >= 4 is 52.0 Å². The van der Waals surface area contributed by atoms with Gasteiger partial charge in [0.25, 0.3) is 0 Å². The van der Waals surface area contributed by atoms with Crippen LogP contribution >= 0.6 is 12.4 Å². The second-order valence-electron chi connectivity index (χ2n) is 6.04. The summed E-state index contributed by atoms with van der Waals surface area (Å²) in [7, 11) is 0. The van der Waals surface area contributed by atoms with Gasteiger partial charge in [-0.25, -0.2) is 14.8 Å². The number of aryl methyl sites for hydroxylation is 1. The molecule has 4 rings (SSSR count). The Morgan fingerprint density at radius 3 is 2.54 bits per heavy atom. The number of carbonyl (C=O) groups excluding carboxylic acids is 1. The lowest BCUT2D eigenvalue weighted by Crippen LogP contribution is -2.04. The highest BCUT2D eigenvalue weighted by molar-refractivity contribution is 6.06. The van der Waals surface area contributed by atoms with E-state index in [-0.39, 0.29) is 18.4 Å². The lowest BCUT2D eigenvalue weighted by molar-refractivity contribution is 0.0526. The van der Waals surface area contributed by atoms with Gasteiger partial charge in [-0.3, -0.25) is 0 Å². The van der Waals surface area contributed by atoms with E-state index >= 15 is 0 Å². The van der Waals surface area contributed by atoms with Gasteiger partial charge in [0.2, 0.25) is 0 Å². The second kappa shape index (κ2) is 8.27. The van der Waals surface area contributed by atoms with Crippen molar-refractivity contribution in [3.63, 3.8) is 0 Å². The number of para-hydroxylation sites is 1. The number of furan rings is 1. The molecule has 28 heavy (non-hydrogen) atoms. The lowest BCUT2D eigenvalue weighted by atomic mass is 10.2. The van der Waals surface area contributed by atoms with E-state index in [1.165, 1.54) is 0 Å². The Labute approximate surface area is 168 Å². The zero-order valence-electron chi connectivity index (χ0n) is 15.6. The summed E-state index contributed by atoms with van der Waals surface area (Å²) in [6.07, 6.45) is 0.714. The molecule has 1 N–H and O–H groups in total. The van der Waals surface area contributed by atoms with E-state index in [1.54, 1.807) is 19.1 Å². The Morgan fingerprint density at radius 1 is 1.07 bits per heavy atom. The fourth-order valence-corrected chi connectivity index (χ4v) is 2.92. The molecule has 6 nitrogen and oxygen atoms in total. The van der Waals surface area contributed by atoms with Gasteiger partial charge in [-0.2, -0.15) is 0 Å². The lowest BCUT2D eigenvalue weighted by Gasteiger charge is -2.08. The number of hydrogen-bond acceptors (Lipinski definition) is 6. The fourth-order valence-electron chi connectivity index (χ4n) is 2.92. The number of nitrogens with zero attached hydrogens (tertiary/aromatic N) is 2. The minimum absolute atomic E-state index is 0. The largest absolute Gasteiger partial charge is 0.462 e. The van der Waals surface area contributed by atoms with Crippen LogP contribution in [0.15, 0.2) is 52.9 Å². The molecular weight excluding hydrogens is 378 g/mol. The number of halogens is 1. The maximum Gasteiger partial charge on any atom is 0.338 e. The molecule has 0 aliphatic rings. The molecule has 0 atom stereocenters. The highest BCUT2D eigenvalue weighted by atomic mass is 35.5. The van der Waals surface area contributed by atoms with E-state index in [1.807, 2.05) is 43.3 Å². The fraction of sp³-hybridized carbons (Fsp3) is 0.190. The maximum absolute atomic E-state index is 11.8. The van der Waals surface area contributed by atoms with Crippen LogP contribution in [0.2, 0.25) is 0 Å². The normalized spacial score (nSPS) is 10.6. The Balaban J connectivity index is 0.00000225. The number of fused-ring (bicyclic) bond motifs is 3. The van der Waals surface area contributed by atoms with E-state index in [4.69, 9.17) is 9.15 Å². The molecule has 0 saturated heterocycles. The van der Waals surface area contributed by atoms with Crippen LogP contribution in [0.4, 0.5) is 11.5 Å². The minimum atomic E-state index is -0.334. The van der Waals surface area contributed by atoms with Crippen LogP contribution in [-0.4, -0.2) is 22.5 Å². The van der Waals surface area contributed by atoms with Crippen molar-refractivity contribution in [2.24, 2.45) is 0 Å². The Hall–Kier alpha value is -3.12. The molecule has 0 amide bonds. The Bertz CT molecular complexity index is 1120. The van der Waals surface area contributed by atoms with Crippen LogP contribution in [0.5, 0.6) is 0 Å². The molecule has 2 aromatic carbocycles. The first-order valence-electron chi connectivity index (χ1n) is 8.92. The van der Waals surface area contributed by atoms with Crippen LogP contribution in [0.25, 0.3) is 22.1 Å². The van der Waals surface area contributed by atoms with Gasteiger partial charge < -0.3 is 14.5 Å². The first-order valence-corrected chi connectivity index (χ1v) is 8.92. The van der Waals surface area contributed by atoms with Crippen molar-refractivity contribution in [3.05, 3.63) is 59.9 Å². The summed E-state index contributed by atoms with van der Waals surface area (Å²) >= 11 is 0. The van der Waals surface area contributed by atoms with Gasteiger partial charge in [0.05, 0.1) is 12.2 Å². The highest BCUT2D eigenvalue weighted by Crippen LogP contribution is 2.32. The van der Waals surface area contributed by atoms with Gasteiger partial charge in [0.15, 0.2) is 11.4 Å². The quantitative estimate of drug-likeness (QED) is 0.461. The Morgan fingerprint density at radius 2 is 1.82 bits per heavy atom. The number of rotatable bonds is 5. The van der Waals surface area contributed by atoms with Gasteiger partial charge in [0, 0.05) is 17.5 Å². The van der Waals surface area contributed by atoms with Crippen molar-refractivity contribution in [1.29, 1.82) is 0 Å². The third kappa shape index (κ3) is 3.64. The molecule has 4 aromatic rings.